The lowest BCUT2D eigenvalue weighted by Gasteiger charge is -2.24. The summed E-state index contributed by atoms with van der Waals surface area (Å²) in [6, 6.07) is 0.126. The molecule has 0 aliphatic carbocycles. The van der Waals surface area contributed by atoms with E-state index in [9.17, 15) is 4.79 Å². The molecule has 1 aliphatic heterocycles. The van der Waals surface area contributed by atoms with Crippen molar-refractivity contribution in [3.63, 3.8) is 0 Å². The third kappa shape index (κ3) is 7.18. The Balaban J connectivity index is 2.23. The second-order valence-electron chi connectivity index (χ2n) is 5.34. The fourth-order valence-electron chi connectivity index (χ4n) is 2.05. The first-order valence-electron chi connectivity index (χ1n) is 7.33. The number of nitrogens with one attached hydrogen (secondary N) is 2. The van der Waals surface area contributed by atoms with Gasteiger partial charge in [0, 0.05) is 11.9 Å². The third-order valence-corrected chi connectivity index (χ3v) is 4.76. The monoisotopic (exact) mass is 288 g/mol. The Morgan fingerprint density at radius 2 is 2.11 bits per heavy atom. The van der Waals surface area contributed by atoms with E-state index in [0.29, 0.717) is 30.1 Å². The summed E-state index contributed by atoms with van der Waals surface area (Å²) in [6.07, 6.45) is 2.34. The third-order valence-electron chi connectivity index (χ3n) is 3.39. The summed E-state index contributed by atoms with van der Waals surface area (Å²) in [5.74, 6) is 1.11. The summed E-state index contributed by atoms with van der Waals surface area (Å²) in [4.78, 5) is 12.0. The van der Waals surface area contributed by atoms with Gasteiger partial charge in [0.1, 0.15) is 0 Å². The van der Waals surface area contributed by atoms with Gasteiger partial charge >= 0.3 is 0 Å². The molecule has 5 heteroatoms. The molecule has 0 aromatic heterocycles. The quantitative estimate of drug-likeness (QED) is 0.713. The predicted octanol–water partition coefficient (Wildman–Crippen LogP) is 1.65. The summed E-state index contributed by atoms with van der Waals surface area (Å²) >= 11 is 1.79. The Morgan fingerprint density at radius 3 is 2.68 bits per heavy atom. The molecule has 0 bridgehead atoms. The van der Waals surface area contributed by atoms with Crippen LogP contribution in [-0.4, -0.2) is 49.3 Å². The molecule has 4 nitrogen and oxygen atoms in total. The lowest BCUT2D eigenvalue weighted by molar-refractivity contribution is -0.120. The fraction of sp³-hybridized carbons (Fsp3) is 0.929. The van der Waals surface area contributed by atoms with Crippen LogP contribution in [0, 0.1) is 5.92 Å². The maximum atomic E-state index is 12.0. The Kier molecular flexibility index (Phi) is 8.50. The van der Waals surface area contributed by atoms with Crippen LogP contribution in [0.4, 0.5) is 0 Å². The molecule has 0 saturated carbocycles. The van der Waals surface area contributed by atoms with Gasteiger partial charge in [-0.3, -0.25) is 4.79 Å². The number of rotatable bonds is 8. The average molecular weight is 288 g/mol. The smallest absolute Gasteiger partial charge is 0.230 e. The fourth-order valence-corrected chi connectivity index (χ4v) is 3.09. The number of piperidine rings is 1. The van der Waals surface area contributed by atoms with Gasteiger partial charge in [-0.2, -0.15) is 0 Å². The zero-order chi connectivity index (χ0) is 14.1. The predicted molar refractivity (Wildman–Crippen MR) is 81.6 cm³/mol. The van der Waals surface area contributed by atoms with E-state index in [1.54, 1.807) is 11.8 Å². The van der Waals surface area contributed by atoms with Crippen LogP contribution in [-0.2, 0) is 9.53 Å². The molecule has 1 aliphatic rings. The maximum Gasteiger partial charge on any atom is 0.230 e. The lowest BCUT2D eigenvalue weighted by Crippen LogP contribution is -2.43. The number of hydrogen-bond donors (Lipinski definition) is 2. The number of thioether (sulfide) groups is 1. The van der Waals surface area contributed by atoms with Gasteiger partial charge in [0.05, 0.1) is 18.4 Å². The molecule has 1 saturated heterocycles. The normalized spacial score (nSPS) is 18.5. The molecule has 1 heterocycles. The standard InChI is InChI=1S/C14H28N2O2S/c1-4-18-9-13(11(2)3)16-14(17)10-19-12-5-7-15-8-6-12/h11-13,15H,4-10H2,1-3H3,(H,16,17). The largest absolute Gasteiger partial charge is 0.380 e. The molecule has 0 spiro atoms. The first-order chi connectivity index (χ1) is 9.13. The maximum absolute atomic E-state index is 12.0. The Morgan fingerprint density at radius 1 is 1.42 bits per heavy atom. The molecule has 112 valence electrons. The highest BCUT2D eigenvalue weighted by Crippen LogP contribution is 2.19. The van der Waals surface area contributed by atoms with Crippen LogP contribution in [0.25, 0.3) is 0 Å². The van der Waals surface area contributed by atoms with Crippen molar-refractivity contribution in [3.05, 3.63) is 0 Å². The van der Waals surface area contributed by atoms with Gasteiger partial charge in [-0.05, 0) is 38.8 Å². The van der Waals surface area contributed by atoms with E-state index in [4.69, 9.17) is 4.74 Å². The second kappa shape index (κ2) is 9.61. The van der Waals surface area contributed by atoms with Crippen molar-refractivity contribution in [2.75, 3.05) is 32.1 Å². The van der Waals surface area contributed by atoms with Crippen molar-refractivity contribution in [1.29, 1.82) is 0 Å². The number of ether oxygens (including phenoxy) is 1. The van der Waals surface area contributed by atoms with E-state index in [2.05, 4.69) is 24.5 Å². The number of carbonyl (C=O) groups is 1. The van der Waals surface area contributed by atoms with Gasteiger partial charge in [0.25, 0.3) is 0 Å². The van der Waals surface area contributed by atoms with Gasteiger partial charge in [-0.1, -0.05) is 13.8 Å². The van der Waals surface area contributed by atoms with Crippen molar-refractivity contribution in [3.8, 4) is 0 Å². The molecular weight excluding hydrogens is 260 g/mol. The molecular formula is C14H28N2O2S. The van der Waals surface area contributed by atoms with E-state index >= 15 is 0 Å². The van der Waals surface area contributed by atoms with Crippen molar-refractivity contribution < 1.29 is 9.53 Å². The first-order valence-corrected chi connectivity index (χ1v) is 8.37. The van der Waals surface area contributed by atoms with E-state index < -0.39 is 0 Å². The topological polar surface area (TPSA) is 50.4 Å². The summed E-state index contributed by atoms with van der Waals surface area (Å²) in [6.45, 7) is 9.68. The Hall–Kier alpha value is -0.260. The van der Waals surface area contributed by atoms with Crippen LogP contribution in [0.5, 0.6) is 0 Å². The van der Waals surface area contributed by atoms with Gasteiger partial charge < -0.3 is 15.4 Å². The summed E-state index contributed by atoms with van der Waals surface area (Å²) in [7, 11) is 0. The SMILES string of the molecule is CCOCC(NC(=O)CSC1CCNCC1)C(C)C. The summed E-state index contributed by atoms with van der Waals surface area (Å²) in [5.41, 5.74) is 0. The van der Waals surface area contributed by atoms with Crippen molar-refractivity contribution in [2.24, 2.45) is 5.92 Å². The molecule has 1 unspecified atom stereocenters. The molecule has 2 N–H and O–H groups in total. The molecule has 1 amide bonds. The average Bonchev–Trinajstić information content (AvgIpc) is 2.42. The summed E-state index contributed by atoms with van der Waals surface area (Å²) in [5, 5.41) is 7.07. The Bertz CT molecular complexity index is 256. The van der Waals surface area contributed by atoms with Crippen molar-refractivity contribution >= 4 is 17.7 Å². The van der Waals surface area contributed by atoms with Gasteiger partial charge in [0.2, 0.25) is 5.91 Å². The molecule has 1 fully saturated rings. The van der Waals surface area contributed by atoms with Crippen LogP contribution >= 0.6 is 11.8 Å². The summed E-state index contributed by atoms with van der Waals surface area (Å²) < 4.78 is 5.42. The van der Waals surface area contributed by atoms with Crippen LogP contribution in [0.1, 0.15) is 33.6 Å². The van der Waals surface area contributed by atoms with Gasteiger partial charge in [-0.15, -0.1) is 11.8 Å². The van der Waals surface area contributed by atoms with E-state index in [0.717, 1.165) is 13.1 Å². The zero-order valence-corrected chi connectivity index (χ0v) is 13.2. The molecule has 19 heavy (non-hydrogen) atoms. The van der Waals surface area contributed by atoms with Crippen molar-refractivity contribution in [1.82, 2.24) is 10.6 Å². The number of carbonyl (C=O) groups excluding carboxylic acids is 1. The minimum atomic E-state index is 0.126. The number of hydrogen-bond acceptors (Lipinski definition) is 4. The highest BCUT2D eigenvalue weighted by Gasteiger charge is 2.18. The minimum absolute atomic E-state index is 0.126. The molecule has 0 radical (unpaired) electrons. The van der Waals surface area contributed by atoms with Gasteiger partial charge in [0.15, 0.2) is 0 Å². The highest BCUT2D eigenvalue weighted by atomic mass is 32.2. The van der Waals surface area contributed by atoms with Crippen LogP contribution in [0.15, 0.2) is 0 Å². The highest BCUT2D eigenvalue weighted by molar-refractivity contribution is 8.00. The van der Waals surface area contributed by atoms with Crippen molar-refractivity contribution in [2.45, 2.75) is 44.9 Å². The molecule has 1 atom stereocenters. The second-order valence-corrected chi connectivity index (χ2v) is 6.63. The first kappa shape index (κ1) is 16.8. The minimum Gasteiger partial charge on any atom is -0.380 e. The van der Waals surface area contributed by atoms with Gasteiger partial charge in [-0.25, -0.2) is 0 Å². The number of amides is 1. The molecule has 0 aromatic carbocycles. The Labute approximate surface area is 121 Å². The molecule has 1 rings (SSSR count). The lowest BCUT2D eigenvalue weighted by atomic mass is 10.1. The van der Waals surface area contributed by atoms with E-state index in [1.807, 2.05) is 6.92 Å². The zero-order valence-electron chi connectivity index (χ0n) is 12.4. The molecule has 0 aromatic rings. The van der Waals surface area contributed by atoms with Crippen LogP contribution in [0.2, 0.25) is 0 Å². The van der Waals surface area contributed by atoms with E-state index in [-0.39, 0.29) is 11.9 Å². The van der Waals surface area contributed by atoms with E-state index in [1.165, 1.54) is 12.8 Å². The van der Waals surface area contributed by atoms with Crippen LogP contribution in [0.3, 0.4) is 0 Å². The van der Waals surface area contributed by atoms with Crippen LogP contribution < -0.4 is 10.6 Å².